The van der Waals surface area contributed by atoms with Crippen LogP contribution < -0.4 is 16.4 Å². The molecule has 0 amide bonds. The average molecular weight is 614 g/mol. The highest BCUT2D eigenvalue weighted by Gasteiger charge is 2.26. The molecule has 0 spiro atoms. The second-order valence-corrected chi connectivity index (χ2v) is 11.9. The maximum absolute atomic E-state index is 5.81. The number of halogens is 1. The Morgan fingerprint density at radius 2 is 1.34 bits per heavy atom. The van der Waals surface area contributed by atoms with E-state index in [1.54, 1.807) is 6.20 Å². The highest BCUT2D eigenvalue weighted by molar-refractivity contribution is 9.10. The summed E-state index contributed by atoms with van der Waals surface area (Å²) < 4.78 is 3.27. The van der Waals surface area contributed by atoms with Gasteiger partial charge in [0.2, 0.25) is 11.9 Å². The summed E-state index contributed by atoms with van der Waals surface area (Å²) in [7, 11) is 0. The minimum absolute atomic E-state index is 0.310. The predicted octanol–water partition coefficient (Wildman–Crippen LogP) is 7.96. The Kier molecular flexibility index (Phi) is 8.32. The third-order valence-electron chi connectivity index (χ3n) is 8.36. The van der Waals surface area contributed by atoms with Gasteiger partial charge in [-0.3, -0.25) is 0 Å². The van der Waals surface area contributed by atoms with Gasteiger partial charge in [-0.1, -0.05) is 74.9 Å². The highest BCUT2D eigenvalue weighted by atomic mass is 79.9. The largest absolute Gasteiger partial charge is 0.368 e. The first kappa shape index (κ1) is 27.4. The van der Waals surface area contributed by atoms with Crippen molar-refractivity contribution in [3.8, 4) is 0 Å². The fourth-order valence-electron chi connectivity index (χ4n) is 6.47. The number of nitrogens with two attached hydrogens (primary N) is 2. The third kappa shape index (κ3) is 5.86. The van der Waals surface area contributed by atoms with E-state index in [9.17, 15) is 0 Å². The molecule has 0 saturated heterocycles. The van der Waals surface area contributed by atoms with Crippen molar-refractivity contribution < 1.29 is 0 Å². The highest BCUT2D eigenvalue weighted by Crippen LogP contribution is 2.38. The van der Waals surface area contributed by atoms with E-state index in [4.69, 9.17) is 11.5 Å². The molecule has 2 aliphatic rings. The number of nitrogens with zero attached hydrogens (tertiary/aromatic N) is 6. The van der Waals surface area contributed by atoms with E-state index in [1.165, 1.54) is 75.1 Å². The van der Waals surface area contributed by atoms with Crippen molar-refractivity contribution in [2.24, 2.45) is 0 Å². The zero-order valence-corrected chi connectivity index (χ0v) is 24.9. The normalized spacial score (nSPS) is 16.4. The monoisotopic (exact) mass is 612 g/mol. The lowest BCUT2D eigenvalue weighted by Crippen LogP contribution is -2.34. The standard InChI is InChI=1S/C16H19BrN4.C16H18N4/c17-14-11-19-16(18)20-15(14)21(12-7-3-1-4-8-12)13-9-5-2-6-10-13;17-16-18-10-13-12-8-4-5-9-14(12)20(15(13)19-16)11-6-2-1-3-7-11/h1,3-4,7-8,11,13H,2,5-6,9-10H2,(H2,18,19,20);4-5,8-11H,1-3,6-7H2,(H2,17,18,19). The number of benzene rings is 2. The Labute approximate surface area is 249 Å². The van der Waals surface area contributed by atoms with Crippen LogP contribution in [0.5, 0.6) is 0 Å². The molecule has 0 bridgehead atoms. The van der Waals surface area contributed by atoms with Gasteiger partial charge < -0.3 is 20.9 Å². The van der Waals surface area contributed by atoms with Crippen LogP contribution in [0, 0.1) is 0 Å². The van der Waals surface area contributed by atoms with Crippen molar-refractivity contribution in [2.75, 3.05) is 16.4 Å². The predicted molar refractivity (Wildman–Crippen MR) is 171 cm³/mol. The number of nitrogen functional groups attached to an aromatic ring is 2. The van der Waals surface area contributed by atoms with Gasteiger partial charge >= 0.3 is 0 Å². The molecular weight excluding hydrogens is 576 g/mol. The van der Waals surface area contributed by atoms with Gasteiger partial charge in [0.15, 0.2) is 5.82 Å². The van der Waals surface area contributed by atoms with Crippen LogP contribution >= 0.6 is 15.9 Å². The Hall–Kier alpha value is -3.72. The molecule has 0 unspecified atom stereocenters. The van der Waals surface area contributed by atoms with E-state index in [0.717, 1.165) is 27.0 Å². The lowest BCUT2D eigenvalue weighted by atomic mass is 9.93. The number of rotatable bonds is 4. The molecule has 2 fully saturated rings. The van der Waals surface area contributed by atoms with Crippen LogP contribution in [-0.2, 0) is 0 Å². The molecule has 2 saturated carbocycles. The molecule has 0 atom stereocenters. The minimum atomic E-state index is 0.310. The molecule has 0 radical (unpaired) electrons. The summed E-state index contributed by atoms with van der Waals surface area (Å²) >= 11 is 3.57. The van der Waals surface area contributed by atoms with Crippen molar-refractivity contribution in [1.29, 1.82) is 0 Å². The van der Waals surface area contributed by atoms with Crippen molar-refractivity contribution in [2.45, 2.75) is 76.3 Å². The molecule has 2 aromatic carbocycles. The van der Waals surface area contributed by atoms with Crippen molar-refractivity contribution in [3.05, 3.63) is 71.5 Å². The Morgan fingerprint density at radius 3 is 2.10 bits per heavy atom. The number of hydrogen-bond acceptors (Lipinski definition) is 7. The van der Waals surface area contributed by atoms with Crippen LogP contribution in [0.1, 0.15) is 70.3 Å². The lowest BCUT2D eigenvalue weighted by Gasteiger charge is -2.35. The first-order valence-corrected chi connectivity index (χ1v) is 15.5. The maximum Gasteiger partial charge on any atom is 0.222 e. The smallest absolute Gasteiger partial charge is 0.222 e. The van der Waals surface area contributed by atoms with Crippen LogP contribution in [0.4, 0.5) is 23.4 Å². The van der Waals surface area contributed by atoms with Crippen molar-refractivity contribution in [3.63, 3.8) is 0 Å². The lowest BCUT2D eigenvalue weighted by molar-refractivity contribution is 0.366. The second kappa shape index (κ2) is 12.4. The van der Waals surface area contributed by atoms with E-state index in [1.807, 2.05) is 12.3 Å². The van der Waals surface area contributed by atoms with E-state index in [0.29, 0.717) is 24.0 Å². The van der Waals surface area contributed by atoms with Gasteiger partial charge in [0.1, 0.15) is 5.65 Å². The summed E-state index contributed by atoms with van der Waals surface area (Å²) in [4.78, 5) is 19.5. The van der Waals surface area contributed by atoms with E-state index < -0.39 is 0 Å². The molecule has 3 heterocycles. The molecule has 8 nitrogen and oxygen atoms in total. The molecule has 3 aromatic heterocycles. The molecule has 0 aliphatic heterocycles. The topological polar surface area (TPSA) is 112 Å². The summed E-state index contributed by atoms with van der Waals surface area (Å²) in [6, 6.07) is 19.9. The maximum atomic E-state index is 5.81. The molecule has 4 N–H and O–H groups in total. The molecule has 5 aromatic rings. The summed E-state index contributed by atoms with van der Waals surface area (Å²) in [5.74, 6) is 1.53. The molecule has 7 rings (SSSR count). The zero-order valence-electron chi connectivity index (χ0n) is 23.3. The Balaban J connectivity index is 0.000000148. The first-order chi connectivity index (χ1) is 20.1. The summed E-state index contributed by atoms with van der Waals surface area (Å²) in [5, 5.41) is 2.34. The molecule has 2 aliphatic carbocycles. The molecule has 212 valence electrons. The fourth-order valence-corrected chi connectivity index (χ4v) is 6.85. The Morgan fingerprint density at radius 1 is 0.707 bits per heavy atom. The van der Waals surface area contributed by atoms with Crippen LogP contribution in [0.15, 0.2) is 71.5 Å². The van der Waals surface area contributed by atoms with Crippen LogP contribution in [0.25, 0.3) is 21.9 Å². The van der Waals surface area contributed by atoms with Gasteiger partial charge in [-0.2, -0.15) is 9.97 Å². The van der Waals surface area contributed by atoms with Gasteiger partial charge in [-0.05, 0) is 59.8 Å². The number of para-hydroxylation sites is 2. The Bertz CT molecular complexity index is 1610. The first-order valence-electron chi connectivity index (χ1n) is 14.7. The van der Waals surface area contributed by atoms with Gasteiger partial charge in [-0.25, -0.2) is 9.97 Å². The SMILES string of the molecule is Nc1ncc(Br)c(N(c2ccccc2)C2CCCCC2)n1.Nc1ncc2c3ccccc3n(C3CCCCC3)c2n1. The zero-order chi connectivity index (χ0) is 28.2. The van der Waals surface area contributed by atoms with Crippen LogP contribution in [-0.4, -0.2) is 30.5 Å². The van der Waals surface area contributed by atoms with E-state index >= 15 is 0 Å². The molecular formula is C32H37BrN8. The number of fused-ring (bicyclic) bond motifs is 3. The third-order valence-corrected chi connectivity index (χ3v) is 8.92. The number of hydrogen-bond donors (Lipinski definition) is 2. The summed E-state index contributed by atoms with van der Waals surface area (Å²) in [6.45, 7) is 0. The second-order valence-electron chi connectivity index (χ2n) is 11.0. The van der Waals surface area contributed by atoms with Crippen LogP contribution in [0.2, 0.25) is 0 Å². The van der Waals surface area contributed by atoms with Gasteiger partial charge in [0.05, 0.1) is 9.99 Å². The average Bonchev–Trinajstić information content (AvgIpc) is 3.34. The molecule has 41 heavy (non-hydrogen) atoms. The van der Waals surface area contributed by atoms with Gasteiger partial charge in [0.25, 0.3) is 0 Å². The van der Waals surface area contributed by atoms with Crippen molar-refractivity contribution >= 4 is 61.3 Å². The summed E-state index contributed by atoms with van der Waals surface area (Å²) in [6.07, 6.45) is 16.3. The van der Waals surface area contributed by atoms with Crippen molar-refractivity contribution in [1.82, 2.24) is 24.5 Å². The number of aromatic nitrogens is 5. The van der Waals surface area contributed by atoms with E-state index in [-0.39, 0.29) is 0 Å². The summed E-state index contributed by atoms with van der Waals surface area (Å²) in [5.41, 5.74) is 15.0. The molecule has 9 heteroatoms. The fraction of sp³-hybridized carbons (Fsp3) is 0.375. The number of anilines is 4. The van der Waals surface area contributed by atoms with Gasteiger partial charge in [0, 0.05) is 40.9 Å². The minimum Gasteiger partial charge on any atom is -0.368 e. The van der Waals surface area contributed by atoms with E-state index in [2.05, 4.69) is 93.9 Å². The quantitative estimate of drug-likeness (QED) is 0.211. The van der Waals surface area contributed by atoms with Gasteiger partial charge in [-0.15, -0.1) is 0 Å². The van der Waals surface area contributed by atoms with Crippen LogP contribution in [0.3, 0.4) is 0 Å².